The van der Waals surface area contributed by atoms with Crippen molar-refractivity contribution in [1.82, 2.24) is 14.4 Å². The van der Waals surface area contributed by atoms with E-state index in [0.717, 1.165) is 11.4 Å². The van der Waals surface area contributed by atoms with Gasteiger partial charge in [-0.15, -0.1) is 0 Å². The number of rotatable bonds is 3. The number of aryl methyl sites for hydroxylation is 1. The Morgan fingerprint density at radius 3 is 2.57 bits per heavy atom. The molecule has 0 N–H and O–H groups in total. The van der Waals surface area contributed by atoms with Gasteiger partial charge in [-0.3, -0.25) is 0 Å². The van der Waals surface area contributed by atoms with Crippen molar-refractivity contribution in [2.45, 2.75) is 6.92 Å². The number of aromatic nitrogens is 3. The van der Waals surface area contributed by atoms with Crippen LogP contribution in [0.4, 0.5) is 4.39 Å². The van der Waals surface area contributed by atoms with Crippen molar-refractivity contribution in [3.63, 3.8) is 0 Å². The van der Waals surface area contributed by atoms with Crippen molar-refractivity contribution in [2.75, 3.05) is 14.2 Å². The molecule has 6 heteroatoms. The van der Waals surface area contributed by atoms with Crippen LogP contribution in [0.25, 0.3) is 17.0 Å². The summed E-state index contributed by atoms with van der Waals surface area (Å²) in [5, 5.41) is 0. The highest BCUT2D eigenvalue weighted by molar-refractivity contribution is 5.67. The maximum absolute atomic E-state index is 13.5. The molecule has 0 aliphatic heterocycles. The molecule has 0 atom stereocenters. The van der Waals surface area contributed by atoms with Gasteiger partial charge in [0.2, 0.25) is 17.5 Å². The Bertz CT molecular complexity index is 814. The number of imidazole rings is 1. The molecule has 0 saturated carbocycles. The quantitative estimate of drug-likeness (QED) is 0.743. The lowest BCUT2D eigenvalue weighted by atomic mass is 10.1. The highest BCUT2D eigenvalue weighted by atomic mass is 19.1. The standard InChI is InChI=1S/C15H14FN3O2/c1-9-14(10-5-4-6-11(16)7-10)19-13(21-3)8-12(20-2)18-15(19)17-9/h4-8H,1-3H3. The van der Waals surface area contributed by atoms with Crippen molar-refractivity contribution in [2.24, 2.45) is 0 Å². The maximum Gasteiger partial charge on any atom is 0.240 e. The van der Waals surface area contributed by atoms with E-state index >= 15 is 0 Å². The second-order valence-corrected chi connectivity index (χ2v) is 4.53. The Labute approximate surface area is 121 Å². The Balaban J connectivity index is 2.35. The zero-order valence-electron chi connectivity index (χ0n) is 11.9. The largest absolute Gasteiger partial charge is 0.482 e. The van der Waals surface area contributed by atoms with Gasteiger partial charge in [0, 0.05) is 5.56 Å². The first-order valence-corrected chi connectivity index (χ1v) is 6.38. The SMILES string of the molecule is COc1cc(OC)n2c(-c3cccc(F)c3)c(C)nc2n1. The molecule has 1 aromatic carbocycles. The highest BCUT2D eigenvalue weighted by Gasteiger charge is 2.17. The summed E-state index contributed by atoms with van der Waals surface area (Å²) in [6, 6.07) is 8.01. The van der Waals surface area contributed by atoms with Crippen molar-refractivity contribution in [3.05, 3.63) is 41.8 Å². The van der Waals surface area contributed by atoms with Crippen molar-refractivity contribution in [1.29, 1.82) is 0 Å². The Morgan fingerprint density at radius 1 is 1.10 bits per heavy atom. The van der Waals surface area contributed by atoms with Crippen LogP contribution >= 0.6 is 0 Å². The van der Waals surface area contributed by atoms with Gasteiger partial charge in [0.1, 0.15) is 5.82 Å². The van der Waals surface area contributed by atoms with E-state index in [4.69, 9.17) is 9.47 Å². The van der Waals surface area contributed by atoms with Gasteiger partial charge in [-0.1, -0.05) is 12.1 Å². The molecule has 2 aromatic heterocycles. The third kappa shape index (κ3) is 2.18. The van der Waals surface area contributed by atoms with Crippen LogP contribution in [0, 0.1) is 12.7 Å². The van der Waals surface area contributed by atoms with Gasteiger partial charge >= 0.3 is 0 Å². The molecule has 0 aliphatic carbocycles. The number of ether oxygens (including phenoxy) is 2. The topological polar surface area (TPSA) is 48.7 Å². The summed E-state index contributed by atoms with van der Waals surface area (Å²) < 4.78 is 25.8. The average Bonchev–Trinajstić information content (AvgIpc) is 2.81. The van der Waals surface area contributed by atoms with Crippen molar-refractivity contribution < 1.29 is 13.9 Å². The van der Waals surface area contributed by atoms with Crippen molar-refractivity contribution >= 4 is 5.78 Å². The monoisotopic (exact) mass is 287 g/mol. The lowest BCUT2D eigenvalue weighted by Crippen LogP contribution is -2.00. The van der Waals surface area contributed by atoms with Crippen LogP contribution in [0.15, 0.2) is 30.3 Å². The third-order valence-corrected chi connectivity index (χ3v) is 3.23. The van der Waals surface area contributed by atoms with E-state index in [1.165, 1.54) is 19.2 Å². The minimum absolute atomic E-state index is 0.303. The molecule has 3 aromatic rings. The maximum atomic E-state index is 13.5. The summed E-state index contributed by atoms with van der Waals surface area (Å²) in [4.78, 5) is 8.69. The molecule has 3 rings (SSSR count). The molecule has 21 heavy (non-hydrogen) atoms. The Hall–Kier alpha value is -2.63. The first-order chi connectivity index (χ1) is 10.1. The number of hydrogen-bond donors (Lipinski definition) is 0. The van der Waals surface area contributed by atoms with Crippen LogP contribution in [0.5, 0.6) is 11.8 Å². The van der Waals surface area contributed by atoms with Gasteiger partial charge in [0.15, 0.2) is 0 Å². The average molecular weight is 287 g/mol. The van der Waals surface area contributed by atoms with Crippen LogP contribution in [-0.4, -0.2) is 28.6 Å². The Kier molecular flexibility index (Phi) is 3.21. The van der Waals surface area contributed by atoms with Gasteiger partial charge in [-0.25, -0.2) is 13.8 Å². The van der Waals surface area contributed by atoms with Crippen LogP contribution in [0.2, 0.25) is 0 Å². The van der Waals surface area contributed by atoms with E-state index in [0.29, 0.717) is 23.1 Å². The van der Waals surface area contributed by atoms with Gasteiger partial charge in [-0.2, -0.15) is 4.98 Å². The summed E-state index contributed by atoms with van der Waals surface area (Å²) in [5.74, 6) is 1.08. The smallest absolute Gasteiger partial charge is 0.240 e. The number of benzene rings is 1. The molecule has 0 saturated heterocycles. The first-order valence-electron chi connectivity index (χ1n) is 6.38. The summed E-state index contributed by atoms with van der Waals surface area (Å²) in [7, 11) is 3.08. The summed E-state index contributed by atoms with van der Waals surface area (Å²) >= 11 is 0. The molecule has 2 heterocycles. The number of hydrogen-bond acceptors (Lipinski definition) is 4. The molecular formula is C15H14FN3O2. The predicted molar refractivity (Wildman–Crippen MR) is 76.2 cm³/mol. The van der Waals surface area contributed by atoms with Gasteiger partial charge < -0.3 is 9.47 Å². The van der Waals surface area contributed by atoms with Crippen molar-refractivity contribution in [3.8, 4) is 23.0 Å². The molecule has 0 amide bonds. The molecule has 0 unspecified atom stereocenters. The summed E-state index contributed by atoms with van der Waals surface area (Å²) in [6.07, 6.45) is 0. The zero-order valence-corrected chi connectivity index (χ0v) is 11.9. The Morgan fingerprint density at radius 2 is 1.90 bits per heavy atom. The molecule has 0 radical (unpaired) electrons. The fraction of sp³-hybridized carbons (Fsp3) is 0.200. The summed E-state index contributed by atoms with van der Waals surface area (Å²) in [5.41, 5.74) is 2.20. The second kappa shape index (κ2) is 5.05. The van der Waals surface area contributed by atoms with Crippen LogP contribution < -0.4 is 9.47 Å². The van der Waals surface area contributed by atoms with Gasteiger partial charge in [0.05, 0.1) is 31.7 Å². The van der Waals surface area contributed by atoms with Crippen LogP contribution in [-0.2, 0) is 0 Å². The van der Waals surface area contributed by atoms with E-state index in [-0.39, 0.29) is 5.82 Å². The minimum atomic E-state index is -0.303. The molecule has 0 fully saturated rings. The van der Waals surface area contributed by atoms with Crippen LogP contribution in [0.1, 0.15) is 5.69 Å². The third-order valence-electron chi connectivity index (χ3n) is 3.23. The number of halogens is 1. The molecule has 0 spiro atoms. The van der Waals surface area contributed by atoms with Crippen LogP contribution in [0.3, 0.4) is 0 Å². The molecule has 0 bridgehead atoms. The lowest BCUT2D eigenvalue weighted by molar-refractivity contribution is 0.370. The second-order valence-electron chi connectivity index (χ2n) is 4.53. The van der Waals surface area contributed by atoms with Gasteiger partial charge in [0.25, 0.3) is 0 Å². The molecule has 108 valence electrons. The fourth-order valence-corrected chi connectivity index (χ4v) is 2.33. The molecule has 5 nitrogen and oxygen atoms in total. The lowest BCUT2D eigenvalue weighted by Gasteiger charge is -2.09. The predicted octanol–water partition coefficient (Wildman–Crippen LogP) is 2.86. The normalized spacial score (nSPS) is 10.9. The van der Waals surface area contributed by atoms with E-state index in [1.807, 2.05) is 13.0 Å². The van der Waals surface area contributed by atoms with Gasteiger partial charge in [-0.05, 0) is 19.1 Å². The molecular weight excluding hydrogens is 273 g/mol. The highest BCUT2D eigenvalue weighted by Crippen LogP contribution is 2.30. The van der Waals surface area contributed by atoms with E-state index in [1.54, 1.807) is 23.6 Å². The van der Waals surface area contributed by atoms with E-state index < -0.39 is 0 Å². The fourth-order valence-electron chi connectivity index (χ4n) is 2.33. The number of methoxy groups -OCH3 is 2. The van der Waals surface area contributed by atoms with E-state index in [9.17, 15) is 4.39 Å². The molecule has 0 aliphatic rings. The number of fused-ring (bicyclic) bond motifs is 1. The first kappa shape index (κ1) is 13.4. The minimum Gasteiger partial charge on any atom is -0.482 e. The summed E-state index contributed by atoms with van der Waals surface area (Å²) in [6.45, 7) is 1.85. The zero-order chi connectivity index (χ0) is 15.0. The van der Waals surface area contributed by atoms with E-state index in [2.05, 4.69) is 9.97 Å². The number of nitrogens with zero attached hydrogens (tertiary/aromatic N) is 3.